The maximum absolute atomic E-state index is 13.1. The van der Waals surface area contributed by atoms with Crippen molar-refractivity contribution in [1.82, 2.24) is 15.1 Å². The summed E-state index contributed by atoms with van der Waals surface area (Å²) >= 11 is 0. The number of benzene rings is 1. The Labute approximate surface area is 184 Å². The van der Waals surface area contributed by atoms with Crippen LogP contribution in [0.15, 0.2) is 30.3 Å². The summed E-state index contributed by atoms with van der Waals surface area (Å²) in [5, 5.41) is 12.8. The first-order valence-corrected chi connectivity index (χ1v) is 10.9. The van der Waals surface area contributed by atoms with Gasteiger partial charge in [0.05, 0.1) is 19.3 Å². The molecule has 2 saturated heterocycles. The fourth-order valence-corrected chi connectivity index (χ4v) is 3.98. The van der Waals surface area contributed by atoms with Crippen molar-refractivity contribution in [1.29, 1.82) is 5.26 Å². The van der Waals surface area contributed by atoms with Crippen molar-refractivity contribution in [3.8, 4) is 6.07 Å². The largest absolute Gasteiger partial charge is 0.436 e. The molecular formula is C23H32N4O4. The molecule has 0 radical (unpaired) electrons. The predicted molar refractivity (Wildman–Crippen MR) is 115 cm³/mol. The number of hydrogen-bond acceptors (Lipinski definition) is 6. The molecule has 31 heavy (non-hydrogen) atoms. The van der Waals surface area contributed by atoms with Gasteiger partial charge in [-0.3, -0.25) is 9.69 Å². The third-order valence-electron chi connectivity index (χ3n) is 5.66. The number of likely N-dealkylation sites (tertiary alicyclic amines) is 1. The lowest BCUT2D eigenvalue weighted by atomic mass is 9.98. The molecule has 1 aromatic carbocycles. The summed E-state index contributed by atoms with van der Waals surface area (Å²) in [6.07, 6.45) is -0.499. The molecule has 2 aliphatic rings. The number of carbonyl (C=O) groups is 2. The second-order valence-corrected chi connectivity index (χ2v) is 8.73. The quantitative estimate of drug-likeness (QED) is 0.715. The van der Waals surface area contributed by atoms with Crippen LogP contribution < -0.4 is 5.32 Å². The third-order valence-corrected chi connectivity index (χ3v) is 5.66. The average Bonchev–Trinajstić information content (AvgIpc) is 3.17. The van der Waals surface area contributed by atoms with Gasteiger partial charge < -0.3 is 19.7 Å². The van der Waals surface area contributed by atoms with E-state index in [9.17, 15) is 14.9 Å². The van der Waals surface area contributed by atoms with E-state index >= 15 is 0 Å². The van der Waals surface area contributed by atoms with Crippen LogP contribution in [0, 0.1) is 17.2 Å². The van der Waals surface area contributed by atoms with Crippen LogP contribution in [0.5, 0.6) is 0 Å². The van der Waals surface area contributed by atoms with Gasteiger partial charge >= 0.3 is 6.09 Å². The topological polar surface area (TPSA) is 94.9 Å². The normalized spacial score (nSPS) is 22.7. The number of ether oxygens (including phenoxy) is 2. The van der Waals surface area contributed by atoms with Crippen LogP contribution in [0.3, 0.4) is 0 Å². The summed E-state index contributed by atoms with van der Waals surface area (Å²) in [7, 11) is 0. The summed E-state index contributed by atoms with van der Waals surface area (Å²) < 4.78 is 10.8. The molecule has 0 aromatic heterocycles. The van der Waals surface area contributed by atoms with Crippen LogP contribution in [0.4, 0.5) is 4.79 Å². The Morgan fingerprint density at radius 2 is 1.94 bits per heavy atom. The van der Waals surface area contributed by atoms with Crippen molar-refractivity contribution in [3.05, 3.63) is 35.9 Å². The van der Waals surface area contributed by atoms with Crippen LogP contribution in [0.25, 0.3) is 0 Å². The van der Waals surface area contributed by atoms with Gasteiger partial charge in [-0.1, -0.05) is 44.2 Å². The van der Waals surface area contributed by atoms with E-state index in [0.29, 0.717) is 52.2 Å². The molecule has 2 atom stereocenters. The molecule has 2 aliphatic heterocycles. The van der Waals surface area contributed by atoms with Crippen LogP contribution in [-0.4, -0.2) is 72.8 Å². The van der Waals surface area contributed by atoms with E-state index in [-0.39, 0.29) is 5.92 Å². The van der Waals surface area contributed by atoms with Crippen molar-refractivity contribution in [2.24, 2.45) is 5.92 Å². The number of amides is 2. The van der Waals surface area contributed by atoms with Gasteiger partial charge in [0, 0.05) is 32.7 Å². The summed E-state index contributed by atoms with van der Waals surface area (Å²) in [5.74, 6) is -0.247. The van der Waals surface area contributed by atoms with Crippen LogP contribution in [0.2, 0.25) is 0 Å². The second-order valence-electron chi connectivity index (χ2n) is 8.73. The smallest absolute Gasteiger partial charge is 0.410 e. The minimum absolute atomic E-state index is 0.157. The lowest BCUT2D eigenvalue weighted by Gasteiger charge is -2.30. The molecule has 0 aliphatic carbocycles. The summed E-state index contributed by atoms with van der Waals surface area (Å²) in [4.78, 5) is 29.3. The number of morpholine rings is 1. The minimum atomic E-state index is -0.980. The Morgan fingerprint density at radius 3 is 2.58 bits per heavy atom. The van der Waals surface area contributed by atoms with E-state index in [2.05, 4.69) is 28.4 Å². The molecule has 2 fully saturated rings. The zero-order valence-corrected chi connectivity index (χ0v) is 18.4. The highest BCUT2D eigenvalue weighted by Crippen LogP contribution is 2.24. The highest BCUT2D eigenvalue weighted by molar-refractivity contribution is 5.84. The van der Waals surface area contributed by atoms with Gasteiger partial charge in [-0.2, -0.15) is 5.26 Å². The van der Waals surface area contributed by atoms with Gasteiger partial charge in [0.2, 0.25) is 0 Å². The first kappa shape index (κ1) is 23.0. The lowest BCUT2D eigenvalue weighted by Crippen LogP contribution is -2.54. The van der Waals surface area contributed by atoms with E-state index in [1.165, 1.54) is 5.56 Å². The molecule has 2 amide bonds. The minimum Gasteiger partial charge on any atom is -0.436 e. The number of nitrogens with zero attached hydrogens (tertiary/aromatic N) is 3. The maximum Gasteiger partial charge on any atom is 0.410 e. The van der Waals surface area contributed by atoms with Gasteiger partial charge in [0.25, 0.3) is 5.91 Å². The molecular weight excluding hydrogens is 396 g/mol. The van der Waals surface area contributed by atoms with Gasteiger partial charge in [-0.25, -0.2) is 4.79 Å². The number of carbonyl (C=O) groups excluding carboxylic acids is 2. The molecule has 8 nitrogen and oxygen atoms in total. The van der Waals surface area contributed by atoms with Crippen molar-refractivity contribution in [2.45, 2.75) is 44.9 Å². The van der Waals surface area contributed by atoms with Gasteiger partial charge in [0.15, 0.2) is 6.10 Å². The zero-order valence-electron chi connectivity index (χ0n) is 18.4. The van der Waals surface area contributed by atoms with Crippen molar-refractivity contribution >= 4 is 12.0 Å². The van der Waals surface area contributed by atoms with E-state index in [1.807, 2.05) is 32.0 Å². The third kappa shape index (κ3) is 6.42. The van der Waals surface area contributed by atoms with E-state index in [4.69, 9.17) is 9.47 Å². The Bertz CT molecular complexity index is 789. The molecule has 0 bridgehead atoms. The molecule has 1 unspecified atom stereocenters. The van der Waals surface area contributed by atoms with Crippen LogP contribution in [0.1, 0.15) is 32.3 Å². The molecule has 0 saturated carbocycles. The molecule has 168 valence electrons. The van der Waals surface area contributed by atoms with Crippen molar-refractivity contribution in [2.75, 3.05) is 39.4 Å². The summed E-state index contributed by atoms with van der Waals surface area (Å²) in [5.41, 5.74) is 0.187. The summed E-state index contributed by atoms with van der Waals surface area (Å²) in [6.45, 7) is 7.65. The molecule has 0 spiro atoms. The van der Waals surface area contributed by atoms with Crippen molar-refractivity contribution in [3.63, 3.8) is 0 Å². The van der Waals surface area contributed by atoms with Crippen LogP contribution in [-0.2, 0) is 20.8 Å². The molecule has 2 heterocycles. The predicted octanol–water partition coefficient (Wildman–Crippen LogP) is 2.15. The molecule has 1 aromatic rings. The highest BCUT2D eigenvalue weighted by atomic mass is 16.6. The number of rotatable bonds is 7. The Morgan fingerprint density at radius 1 is 1.23 bits per heavy atom. The number of hydrogen-bond donors (Lipinski definition) is 1. The molecule has 8 heteroatoms. The maximum atomic E-state index is 13.1. The summed E-state index contributed by atoms with van der Waals surface area (Å²) in [6, 6.07) is 12.4. The average molecular weight is 429 g/mol. The Kier molecular flexibility index (Phi) is 7.88. The fourth-order valence-electron chi connectivity index (χ4n) is 3.98. The molecule has 1 N–H and O–H groups in total. The van der Waals surface area contributed by atoms with Gasteiger partial charge in [0.1, 0.15) is 5.54 Å². The Hall–Kier alpha value is -2.63. The van der Waals surface area contributed by atoms with E-state index < -0.39 is 23.6 Å². The van der Waals surface area contributed by atoms with E-state index in [0.717, 1.165) is 6.54 Å². The number of nitriles is 1. The molecule has 3 rings (SSSR count). The number of nitrogens with one attached hydrogen (secondary N) is 1. The first-order chi connectivity index (χ1) is 14.9. The van der Waals surface area contributed by atoms with E-state index in [1.54, 1.807) is 4.90 Å². The highest BCUT2D eigenvalue weighted by Gasteiger charge is 2.41. The first-order valence-electron chi connectivity index (χ1n) is 10.9. The second kappa shape index (κ2) is 10.6. The fraction of sp³-hybridized carbons (Fsp3) is 0.609. The van der Waals surface area contributed by atoms with Crippen LogP contribution >= 0.6 is 0 Å². The SMILES string of the molecule is CC(C)C[C@H](OC(=O)N1CCOCC1)C(=O)NC1(C#N)CCN(Cc2ccccc2)C1. The van der Waals surface area contributed by atoms with Gasteiger partial charge in [-0.15, -0.1) is 0 Å². The standard InChI is InChI=1S/C23H32N4O4/c1-18(2)14-20(31-22(29)27-10-12-30-13-11-27)21(28)25-23(16-24)8-9-26(17-23)15-19-6-4-3-5-7-19/h3-7,18,20H,8-15,17H2,1-2H3,(H,25,28)/t20-,23?/m0/s1. The van der Waals surface area contributed by atoms with Gasteiger partial charge in [-0.05, 0) is 24.3 Å². The monoisotopic (exact) mass is 428 g/mol. The zero-order chi connectivity index (χ0) is 22.3. The van der Waals surface area contributed by atoms with Crippen molar-refractivity contribution < 1.29 is 19.1 Å². The lowest BCUT2D eigenvalue weighted by molar-refractivity contribution is -0.132. The Balaban J connectivity index is 1.62.